The number of hydrogen-bond acceptors (Lipinski definition) is 3. The third kappa shape index (κ3) is 4.34. The predicted molar refractivity (Wildman–Crippen MR) is 107 cm³/mol. The Morgan fingerprint density at radius 3 is 2.54 bits per heavy atom. The molecule has 1 unspecified atom stereocenters. The van der Waals surface area contributed by atoms with Gasteiger partial charge in [0.25, 0.3) is 0 Å². The van der Waals surface area contributed by atoms with E-state index in [0.717, 1.165) is 24.2 Å². The molecule has 0 saturated heterocycles. The highest BCUT2D eigenvalue weighted by Gasteiger charge is 2.26. The molecule has 0 saturated carbocycles. The molecule has 0 bridgehead atoms. The van der Waals surface area contributed by atoms with Crippen LogP contribution in [0.3, 0.4) is 0 Å². The second-order valence-corrected chi connectivity index (χ2v) is 8.34. The molecule has 26 heavy (non-hydrogen) atoms. The molecule has 140 valence electrons. The molecular weight excluding hydrogens is 369 g/mol. The number of fused-ring (bicyclic) bond motifs is 1. The highest BCUT2D eigenvalue weighted by Crippen LogP contribution is 2.37. The van der Waals surface area contributed by atoms with Crippen molar-refractivity contribution in [3.05, 3.63) is 62.6 Å². The van der Waals surface area contributed by atoms with Gasteiger partial charge < -0.3 is 15.2 Å². The van der Waals surface area contributed by atoms with E-state index in [0.29, 0.717) is 23.2 Å². The highest BCUT2D eigenvalue weighted by molar-refractivity contribution is 6.35. The first-order chi connectivity index (χ1) is 12.3. The standard InChI is InChI=1S/C21H25Cl2NO2/c1-13-14-7-9-19(24-12-21(2,3)25)15(14)8-10-20(13)26-11-16-17(22)5-4-6-18(16)23/h4-6,8,10,19,24-25H,7,9,11-12H2,1-3H3. The van der Waals surface area contributed by atoms with Crippen LogP contribution < -0.4 is 10.1 Å². The van der Waals surface area contributed by atoms with Crippen molar-refractivity contribution in [2.24, 2.45) is 0 Å². The van der Waals surface area contributed by atoms with Gasteiger partial charge >= 0.3 is 0 Å². The monoisotopic (exact) mass is 393 g/mol. The number of halogens is 2. The van der Waals surface area contributed by atoms with Gasteiger partial charge in [0.05, 0.1) is 5.60 Å². The number of ether oxygens (including phenoxy) is 1. The minimum absolute atomic E-state index is 0.280. The Labute approximate surface area is 165 Å². The van der Waals surface area contributed by atoms with E-state index in [9.17, 15) is 5.11 Å². The number of rotatable bonds is 6. The van der Waals surface area contributed by atoms with E-state index in [1.165, 1.54) is 16.7 Å². The van der Waals surface area contributed by atoms with E-state index in [2.05, 4.69) is 18.3 Å². The van der Waals surface area contributed by atoms with E-state index in [-0.39, 0.29) is 6.04 Å². The summed E-state index contributed by atoms with van der Waals surface area (Å²) in [5.41, 5.74) is 3.89. The summed E-state index contributed by atoms with van der Waals surface area (Å²) in [7, 11) is 0. The van der Waals surface area contributed by atoms with Crippen LogP contribution in [0.2, 0.25) is 10.0 Å². The Hall–Kier alpha value is -1.26. The molecule has 1 aliphatic carbocycles. The van der Waals surface area contributed by atoms with Gasteiger partial charge in [-0.05, 0) is 68.5 Å². The predicted octanol–water partition coefficient (Wildman–Crippen LogP) is 5.23. The number of benzene rings is 2. The number of aliphatic hydroxyl groups is 1. The molecule has 2 aromatic rings. The lowest BCUT2D eigenvalue weighted by Gasteiger charge is -2.22. The second-order valence-electron chi connectivity index (χ2n) is 7.53. The van der Waals surface area contributed by atoms with E-state index in [4.69, 9.17) is 27.9 Å². The fraction of sp³-hybridized carbons (Fsp3) is 0.429. The molecule has 0 heterocycles. The fourth-order valence-corrected chi connectivity index (χ4v) is 3.93. The maximum atomic E-state index is 9.94. The summed E-state index contributed by atoms with van der Waals surface area (Å²) in [5.74, 6) is 0.864. The molecule has 1 aliphatic rings. The van der Waals surface area contributed by atoms with E-state index in [1.54, 1.807) is 0 Å². The first kappa shape index (κ1) is 19.5. The van der Waals surface area contributed by atoms with Crippen LogP contribution in [-0.4, -0.2) is 17.3 Å². The van der Waals surface area contributed by atoms with Crippen LogP contribution in [-0.2, 0) is 13.0 Å². The van der Waals surface area contributed by atoms with E-state index >= 15 is 0 Å². The molecule has 0 fully saturated rings. The molecule has 3 rings (SSSR count). The van der Waals surface area contributed by atoms with Crippen LogP contribution >= 0.6 is 23.2 Å². The summed E-state index contributed by atoms with van der Waals surface area (Å²) in [6, 6.07) is 9.89. The Morgan fingerprint density at radius 1 is 1.19 bits per heavy atom. The molecule has 0 aliphatic heterocycles. The molecule has 3 nitrogen and oxygen atoms in total. The fourth-order valence-electron chi connectivity index (χ4n) is 3.42. The zero-order valence-electron chi connectivity index (χ0n) is 15.4. The Morgan fingerprint density at radius 2 is 1.88 bits per heavy atom. The third-order valence-electron chi connectivity index (χ3n) is 4.86. The SMILES string of the molecule is Cc1c(OCc2c(Cl)cccc2Cl)ccc2c1CCC2NCC(C)(C)O. The molecular formula is C21H25Cl2NO2. The maximum Gasteiger partial charge on any atom is 0.123 e. The van der Waals surface area contributed by atoms with Crippen molar-refractivity contribution in [1.82, 2.24) is 5.32 Å². The third-order valence-corrected chi connectivity index (χ3v) is 5.57. The summed E-state index contributed by atoms with van der Waals surface area (Å²) in [4.78, 5) is 0. The first-order valence-electron chi connectivity index (χ1n) is 8.90. The van der Waals surface area contributed by atoms with Crippen molar-refractivity contribution in [3.63, 3.8) is 0 Å². The zero-order chi connectivity index (χ0) is 18.9. The van der Waals surface area contributed by atoms with Gasteiger partial charge in [0.1, 0.15) is 12.4 Å². The number of hydrogen-bond donors (Lipinski definition) is 2. The van der Waals surface area contributed by atoms with Crippen molar-refractivity contribution in [2.45, 2.75) is 51.9 Å². The molecule has 5 heteroatoms. The lowest BCUT2D eigenvalue weighted by Crippen LogP contribution is -2.36. The van der Waals surface area contributed by atoms with Gasteiger partial charge in [-0.3, -0.25) is 0 Å². The van der Waals surface area contributed by atoms with Gasteiger partial charge in [-0.15, -0.1) is 0 Å². The molecule has 0 amide bonds. The van der Waals surface area contributed by atoms with Crippen LogP contribution in [0.1, 0.15) is 48.6 Å². The van der Waals surface area contributed by atoms with Crippen molar-refractivity contribution < 1.29 is 9.84 Å². The topological polar surface area (TPSA) is 41.5 Å². The molecule has 2 N–H and O–H groups in total. The van der Waals surface area contributed by atoms with Crippen molar-refractivity contribution >= 4 is 23.2 Å². The van der Waals surface area contributed by atoms with Gasteiger partial charge in [0.15, 0.2) is 0 Å². The summed E-state index contributed by atoms with van der Waals surface area (Å²) in [5, 5.41) is 14.7. The van der Waals surface area contributed by atoms with Crippen LogP contribution in [0.25, 0.3) is 0 Å². The quantitative estimate of drug-likeness (QED) is 0.705. The second kappa shape index (κ2) is 7.77. The Kier molecular flexibility index (Phi) is 5.83. The maximum absolute atomic E-state index is 9.94. The highest BCUT2D eigenvalue weighted by atomic mass is 35.5. The van der Waals surface area contributed by atoms with E-state index in [1.807, 2.05) is 38.1 Å². The minimum Gasteiger partial charge on any atom is -0.489 e. The van der Waals surface area contributed by atoms with Crippen molar-refractivity contribution in [3.8, 4) is 5.75 Å². The summed E-state index contributed by atoms with van der Waals surface area (Å²) >= 11 is 12.5. The van der Waals surface area contributed by atoms with Gasteiger partial charge in [0.2, 0.25) is 0 Å². The van der Waals surface area contributed by atoms with Crippen molar-refractivity contribution in [2.75, 3.05) is 6.54 Å². The first-order valence-corrected chi connectivity index (χ1v) is 9.65. The van der Waals surface area contributed by atoms with Crippen LogP contribution in [0.15, 0.2) is 30.3 Å². The van der Waals surface area contributed by atoms with Crippen LogP contribution in [0, 0.1) is 6.92 Å². The molecule has 1 atom stereocenters. The zero-order valence-corrected chi connectivity index (χ0v) is 16.9. The molecule has 0 aromatic heterocycles. The smallest absolute Gasteiger partial charge is 0.123 e. The minimum atomic E-state index is -0.713. The normalized spacial score (nSPS) is 16.6. The number of nitrogens with one attached hydrogen (secondary N) is 1. The summed E-state index contributed by atoms with van der Waals surface area (Å²) < 4.78 is 6.03. The van der Waals surface area contributed by atoms with Gasteiger partial charge in [0, 0.05) is 28.2 Å². The average Bonchev–Trinajstić information content (AvgIpc) is 2.97. The van der Waals surface area contributed by atoms with E-state index < -0.39 is 5.60 Å². The van der Waals surface area contributed by atoms with Gasteiger partial charge in [-0.25, -0.2) is 0 Å². The Balaban J connectivity index is 1.74. The largest absolute Gasteiger partial charge is 0.489 e. The Bertz CT molecular complexity index is 779. The van der Waals surface area contributed by atoms with Crippen molar-refractivity contribution in [1.29, 1.82) is 0 Å². The summed E-state index contributed by atoms with van der Waals surface area (Å²) in [6.45, 7) is 6.65. The van der Waals surface area contributed by atoms with Crippen LogP contribution in [0.4, 0.5) is 0 Å². The summed E-state index contributed by atoms with van der Waals surface area (Å²) in [6.07, 6.45) is 2.04. The average molecular weight is 394 g/mol. The molecule has 2 aromatic carbocycles. The van der Waals surface area contributed by atoms with Crippen LogP contribution in [0.5, 0.6) is 5.75 Å². The van der Waals surface area contributed by atoms with Gasteiger partial charge in [-0.2, -0.15) is 0 Å². The lowest BCUT2D eigenvalue weighted by molar-refractivity contribution is 0.0764. The molecule has 0 radical (unpaired) electrons. The lowest BCUT2D eigenvalue weighted by atomic mass is 10.0. The molecule has 0 spiro atoms. The van der Waals surface area contributed by atoms with Gasteiger partial charge in [-0.1, -0.05) is 35.3 Å².